The largest absolute Gasteiger partial charge is 0.481 e. The Morgan fingerprint density at radius 1 is 1.15 bits per heavy atom. The highest BCUT2D eigenvalue weighted by atomic mass is 16.4. The van der Waals surface area contributed by atoms with Crippen LogP contribution in [0, 0.1) is 11.8 Å². The minimum atomic E-state index is -0.874. The zero-order chi connectivity index (χ0) is 15.7. The Balaban J connectivity index is 4.17. The van der Waals surface area contributed by atoms with Crippen molar-refractivity contribution in [3.63, 3.8) is 0 Å². The number of carbonyl (C=O) groups excluding carboxylic acids is 1. The van der Waals surface area contributed by atoms with Gasteiger partial charge in [0.25, 0.3) is 0 Å². The van der Waals surface area contributed by atoms with Gasteiger partial charge in [-0.15, -0.1) is 0 Å². The number of hydrogen-bond donors (Lipinski definition) is 2. The van der Waals surface area contributed by atoms with Gasteiger partial charge in [0.15, 0.2) is 0 Å². The van der Waals surface area contributed by atoms with E-state index in [0.29, 0.717) is 12.5 Å². The van der Waals surface area contributed by atoms with E-state index in [0.717, 1.165) is 19.3 Å². The number of nitrogens with one attached hydrogen (secondary N) is 1. The standard InChI is InChI=1S/C15H30N2O3/c1-6-17(10-12(4)14(18)19)15(20)16-13(5)9-7-8-11(2)3/h11-13H,6-10H2,1-5H3,(H,16,20)(H,18,19). The molecule has 0 bridgehead atoms. The third-order valence-electron chi connectivity index (χ3n) is 3.37. The fraction of sp³-hybridized carbons (Fsp3) is 0.867. The van der Waals surface area contributed by atoms with E-state index in [4.69, 9.17) is 5.11 Å². The summed E-state index contributed by atoms with van der Waals surface area (Å²) in [6.07, 6.45) is 3.21. The first kappa shape index (κ1) is 18.7. The molecule has 0 aromatic carbocycles. The first-order valence-electron chi connectivity index (χ1n) is 7.56. The quantitative estimate of drug-likeness (QED) is 0.684. The van der Waals surface area contributed by atoms with E-state index >= 15 is 0 Å². The van der Waals surface area contributed by atoms with Gasteiger partial charge in [0.1, 0.15) is 0 Å². The molecule has 0 aromatic heterocycles. The molecule has 2 amide bonds. The van der Waals surface area contributed by atoms with Crippen molar-refractivity contribution in [2.45, 2.75) is 59.9 Å². The predicted molar refractivity (Wildman–Crippen MR) is 80.7 cm³/mol. The van der Waals surface area contributed by atoms with Crippen molar-refractivity contribution in [2.24, 2.45) is 11.8 Å². The highest BCUT2D eigenvalue weighted by molar-refractivity contribution is 5.76. The van der Waals surface area contributed by atoms with Gasteiger partial charge in [-0.3, -0.25) is 4.79 Å². The van der Waals surface area contributed by atoms with Crippen LogP contribution in [0.25, 0.3) is 0 Å². The fourth-order valence-corrected chi connectivity index (χ4v) is 1.97. The molecule has 2 unspecified atom stereocenters. The minimum absolute atomic E-state index is 0.121. The van der Waals surface area contributed by atoms with Crippen molar-refractivity contribution in [2.75, 3.05) is 13.1 Å². The lowest BCUT2D eigenvalue weighted by Gasteiger charge is -2.25. The molecule has 0 saturated carbocycles. The molecule has 0 fully saturated rings. The molecule has 2 atom stereocenters. The Morgan fingerprint density at radius 3 is 2.20 bits per heavy atom. The number of rotatable bonds is 9. The number of urea groups is 1. The van der Waals surface area contributed by atoms with Crippen molar-refractivity contribution >= 4 is 12.0 Å². The maximum Gasteiger partial charge on any atom is 0.317 e. The molecule has 20 heavy (non-hydrogen) atoms. The number of nitrogens with zero attached hydrogens (tertiary/aromatic N) is 1. The van der Waals surface area contributed by atoms with Crippen LogP contribution >= 0.6 is 0 Å². The maximum absolute atomic E-state index is 12.1. The molecule has 0 aliphatic rings. The molecular weight excluding hydrogens is 256 g/mol. The monoisotopic (exact) mass is 286 g/mol. The average Bonchev–Trinajstić information content (AvgIpc) is 2.34. The highest BCUT2D eigenvalue weighted by Gasteiger charge is 2.20. The summed E-state index contributed by atoms with van der Waals surface area (Å²) in [5.41, 5.74) is 0. The van der Waals surface area contributed by atoms with Gasteiger partial charge in [-0.25, -0.2) is 4.79 Å². The zero-order valence-electron chi connectivity index (χ0n) is 13.5. The molecule has 0 aliphatic carbocycles. The van der Waals surface area contributed by atoms with Crippen LogP contribution < -0.4 is 5.32 Å². The first-order valence-corrected chi connectivity index (χ1v) is 7.56. The van der Waals surface area contributed by atoms with Gasteiger partial charge in [0.05, 0.1) is 5.92 Å². The Labute approximate surface area is 122 Å². The maximum atomic E-state index is 12.1. The van der Waals surface area contributed by atoms with E-state index in [1.807, 2.05) is 13.8 Å². The smallest absolute Gasteiger partial charge is 0.317 e. The van der Waals surface area contributed by atoms with Crippen LogP contribution in [0.4, 0.5) is 4.79 Å². The van der Waals surface area contributed by atoms with Gasteiger partial charge in [0, 0.05) is 19.1 Å². The van der Waals surface area contributed by atoms with Crippen molar-refractivity contribution < 1.29 is 14.7 Å². The van der Waals surface area contributed by atoms with Gasteiger partial charge >= 0.3 is 12.0 Å². The second-order valence-electron chi connectivity index (χ2n) is 5.95. The number of carboxylic acids is 1. The number of carbonyl (C=O) groups is 2. The predicted octanol–water partition coefficient (Wildman–Crippen LogP) is 2.95. The number of hydrogen-bond acceptors (Lipinski definition) is 2. The van der Waals surface area contributed by atoms with Crippen LogP contribution in [0.1, 0.15) is 53.9 Å². The summed E-state index contributed by atoms with van der Waals surface area (Å²) in [6, 6.07) is -0.0481. The Kier molecular flexibility index (Phi) is 9.01. The Bertz CT molecular complexity index is 305. The molecule has 0 heterocycles. The SMILES string of the molecule is CCN(CC(C)C(=O)O)C(=O)NC(C)CCCC(C)C. The molecule has 0 radical (unpaired) electrons. The van der Waals surface area contributed by atoms with E-state index in [1.165, 1.54) is 0 Å². The van der Waals surface area contributed by atoms with Gasteiger partial charge in [0.2, 0.25) is 0 Å². The summed E-state index contributed by atoms with van der Waals surface area (Å²) < 4.78 is 0. The van der Waals surface area contributed by atoms with Gasteiger partial charge < -0.3 is 15.3 Å². The summed E-state index contributed by atoms with van der Waals surface area (Å²) in [6.45, 7) is 10.6. The molecule has 0 spiro atoms. The van der Waals surface area contributed by atoms with E-state index < -0.39 is 11.9 Å². The van der Waals surface area contributed by atoms with Crippen molar-refractivity contribution in [3.05, 3.63) is 0 Å². The molecule has 118 valence electrons. The second kappa shape index (κ2) is 9.61. The van der Waals surface area contributed by atoms with E-state index in [-0.39, 0.29) is 18.6 Å². The van der Waals surface area contributed by atoms with Crippen LogP contribution in [0.5, 0.6) is 0 Å². The molecule has 2 N–H and O–H groups in total. The van der Waals surface area contributed by atoms with E-state index in [9.17, 15) is 9.59 Å². The lowest BCUT2D eigenvalue weighted by molar-refractivity contribution is -0.141. The van der Waals surface area contributed by atoms with Crippen LogP contribution in [-0.4, -0.2) is 41.1 Å². The van der Waals surface area contributed by atoms with Crippen LogP contribution in [-0.2, 0) is 4.79 Å². The Hall–Kier alpha value is -1.26. The molecule has 5 nitrogen and oxygen atoms in total. The topological polar surface area (TPSA) is 69.6 Å². The lowest BCUT2D eigenvalue weighted by atomic mass is 10.0. The third kappa shape index (κ3) is 8.02. The molecule has 5 heteroatoms. The number of aliphatic carboxylic acids is 1. The van der Waals surface area contributed by atoms with Gasteiger partial charge in [-0.1, -0.05) is 33.6 Å². The molecule has 0 rings (SSSR count). The van der Waals surface area contributed by atoms with Crippen LogP contribution in [0.15, 0.2) is 0 Å². The highest BCUT2D eigenvalue weighted by Crippen LogP contribution is 2.09. The van der Waals surface area contributed by atoms with E-state index in [1.54, 1.807) is 11.8 Å². The van der Waals surface area contributed by atoms with E-state index in [2.05, 4.69) is 19.2 Å². The van der Waals surface area contributed by atoms with Crippen molar-refractivity contribution in [1.82, 2.24) is 10.2 Å². The lowest BCUT2D eigenvalue weighted by Crippen LogP contribution is -2.46. The minimum Gasteiger partial charge on any atom is -0.481 e. The summed E-state index contributed by atoms with van der Waals surface area (Å²) in [5, 5.41) is 11.8. The fourth-order valence-electron chi connectivity index (χ4n) is 1.97. The summed E-state index contributed by atoms with van der Waals surface area (Å²) in [7, 11) is 0. The summed E-state index contributed by atoms with van der Waals surface area (Å²) in [4.78, 5) is 24.5. The Morgan fingerprint density at radius 2 is 1.75 bits per heavy atom. The van der Waals surface area contributed by atoms with Crippen LogP contribution in [0.2, 0.25) is 0 Å². The molecule has 0 aromatic rings. The van der Waals surface area contributed by atoms with Crippen molar-refractivity contribution in [1.29, 1.82) is 0 Å². The van der Waals surface area contributed by atoms with Crippen LogP contribution in [0.3, 0.4) is 0 Å². The summed E-state index contributed by atoms with van der Waals surface area (Å²) in [5.74, 6) is -0.736. The summed E-state index contributed by atoms with van der Waals surface area (Å²) >= 11 is 0. The zero-order valence-corrected chi connectivity index (χ0v) is 13.5. The van der Waals surface area contributed by atoms with Crippen molar-refractivity contribution in [3.8, 4) is 0 Å². The normalized spacial score (nSPS) is 13.9. The first-order chi connectivity index (χ1) is 9.27. The third-order valence-corrected chi connectivity index (χ3v) is 3.37. The average molecular weight is 286 g/mol. The number of amides is 2. The number of carboxylic acid groups (broad SMARTS) is 1. The van der Waals surface area contributed by atoms with Gasteiger partial charge in [-0.2, -0.15) is 0 Å². The molecule has 0 saturated heterocycles. The molecular formula is C15H30N2O3. The second-order valence-corrected chi connectivity index (χ2v) is 5.95. The van der Waals surface area contributed by atoms with Gasteiger partial charge in [-0.05, 0) is 26.2 Å². The molecule has 0 aliphatic heterocycles.